The van der Waals surface area contributed by atoms with E-state index in [1.165, 1.54) is 0 Å². The van der Waals surface area contributed by atoms with Gasteiger partial charge in [0.1, 0.15) is 6.04 Å². The van der Waals surface area contributed by atoms with Crippen LogP contribution in [0.3, 0.4) is 0 Å². The maximum absolute atomic E-state index is 12.2. The van der Waals surface area contributed by atoms with Crippen LogP contribution < -0.4 is 10.6 Å². The number of hydrogen-bond acceptors (Lipinski definition) is 4. The molecule has 0 unspecified atom stereocenters. The van der Waals surface area contributed by atoms with E-state index in [2.05, 4.69) is 10.6 Å². The quantitative estimate of drug-likeness (QED) is 0.637. The van der Waals surface area contributed by atoms with Gasteiger partial charge in [-0.25, -0.2) is 4.79 Å². The van der Waals surface area contributed by atoms with E-state index in [-0.39, 0.29) is 5.91 Å². The fourth-order valence-corrected chi connectivity index (χ4v) is 2.41. The van der Waals surface area contributed by atoms with Gasteiger partial charge in [0.05, 0.1) is 6.04 Å². The van der Waals surface area contributed by atoms with Gasteiger partial charge >= 0.3 is 5.97 Å². The topological polar surface area (TPSA) is 78.4 Å². The summed E-state index contributed by atoms with van der Waals surface area (Å²) in [6.45, 7) is 0. The Balaban J connectivity index is 2.62. The predicted octanol–water partition coefficient (Wildman–Crippen LogP) is 1.14. The Labute approximate surface area is 129 Å². The third kappa shape index (κ3) is 6.18. The summed E-state index contributed by atoms with van der Waals surface area (Å²) in [6, 6.07) is 8.36. The van der Waals surface area contributed by atoms with Crippen LogP contribution in [0, 0.1) is 0 Å². The first kappa shape index (κ1) is 17.5. The van der Waals surface area contributed by atoms with Gasteiger partial charge in [0.2, 0.25) is 5.91 Å². The fourth-order valence-electron chi connectivity index (χ4n) is 1.94. The van der Waals surface area contributed by atoms with Gasteiger partial charge in [-0.2, -0.15) is 11.8 Å². The van der Waals surface area contributed by atoms with E-state index in [0.29, 0.717) is 18.6 Å². The molecule has 1 aromatic carbocycles. The Morgan fingerprint density at radius 2 is 1.90 bits per heavy atom. The first-order chi connectivity index (χ1) is 10.1. The SMILES string of the molecule is CN[C@@H](Cc1ccccc1)C(=O)N[C@@H](CCSC)C(=O)O. The van der Waals surface area contributed by atoms with E-state index in [1.807, 2.05) is 36.6 Å². The highest BCUT2D eigenvalue weighted by atomic mass is 32.2. The molecule has 1 amide bonds. The lowest BCUT2D eigenvalue weighted by atomic mass is 10.0. The fraction of sp³-hybridized carbons (Fsp3) is 0.467. The molecule has 2 atom stereocenters. The smallest absolute Gasteiger partial charge is 0.326 e. The van der Waals surface area contributed by atoms with Crippen molar-refractivity contribution in [2.45, 2.75) is 24.9 Å². The van der Waals surface area contributed by atoms with Crippen LogP contribution in [0.2, 0.25) is 0 Å². The van der Waals surface area contributed by atoms with E-state index >= 15 is 0 Å². The summed E-state index contributed by atoms with van der Waals surface area (Å²) < 4.78 is 0. The molecular formula is C15H22N2O3S. The van der Waals surface area contributed by atoms with Gasteiger partial charge in [-0.1, -0.05) is 30.3 Å². The zero-order valence-electron chi connectivity index (χ0n) is 12.3. The number of nitrogens with one attached hydrogen (secondary N) is 2. The summed E-state index contributed by atoms with van der Waals surface area (Å²) in [4.78, 5) is 23.4. The highest BCUT2D eigenvalue weighted by molar-refractivity contribution is 7.98. The molecule has 0 spiro atoms. The number of amides is 1. The van der Waals surface area contributed by atoms with Gasteiger partial charge in [0.15, 0.2) is 0 Å². The second kappa shape index (κ2) is 9.41. The number of thioether (sulfide) groups is 1. The number of hydrogen-bond donors (Lipinski definition) is 3. The van der Waals surface area contributed by atoms with Crippen LogP contribution in [-0.2, 0) is 16.0 Å². The molecule has 0 aliphatic heterocycles. The third-order valence-corrected chi connectivity index (χ3v) is 3.82. The van der Waals surface area contributed by atoms with Crippen LogP contribution in [0.15, 0.2) is 30.3 Å². The van der Waals surface area contributed by atoms with E-state index in [4.69, 9.17) is 5.11 Å². The molecule has 0 aliphatic rings. The molecule has 1 rings (SSSR count). The first-order valence-electron chi connectivity index (χ1n) is 6.81. The van der Waals surface area contributed by atoms with Crippen LogP contribution in [0.5, 0.6) is 0 Å². The Bertz CT molecular complexity index is 453. The summed E-state index contributed by atoms with van der Waals surface area (Å²) in [6.07, 6.45) is 2.86. The molecule has 116 valence electrons. The molecule has 6 heteroatoms. The van der Waals surface area contributed by atoms with Crippen molar-refractivity contribution in [2.24, 2.45) is 0 Å². The van der Waals surface area contributed by atoms with E-state index in [0.717, 1.165) is 5.56 Å². The van der Waals surface area contributed by atoms with Crippen molar-refractivity contribution in [1.29, 1.82) is 0 Å². The van der Waals surface area contributed by atoms with Crippen molar-refractivity contribution in [3.05, 3.63) is 35.9 Å². The Morgan fingerprint density at radius 1 is 1.24 bits per heavy atom. The average Bonchev–Trinajstić information content (AvgIpc) is 2.49. The van der Waals surface area contributed by atoms with Crippen molar-refractivity contribution in [1.82, 2.24) is 10.6 Å². The minimum atomic E-state index is -0.994. The van der Waals surface area contributed by atoms with Crippen molar-refractivity contribution in [3.8, 4) is 0 Å². The zero-order valence-corrected chi connectivity index (χ0v) is 13.2. The number of likely N-dealkylation sites (N-methyl/N-ethyl adjacent to an activating group) is 1. The molecule has 0 radical (unpaired) electrons. The van der Waals surface area contributed by atoms with E-state index in [1.54, 1.807) is 18.8 Å². The number of aliphatic carboxylic acids is 1. The van der Waals surface area contributed by atoms with Gasteiger partial charge in [0, 0.05) is 0 Å². The van der Waals surface area contributed by atoms with Crippen LogP contribution in [-0.4, -0.2) is 48.1 Å². The Hall–Kier alpha value is -1.53. The second-order valence-electron chi connectivity index (χ2n) is 4.71. The number of carbonyl (C=O) groups excluding carboxylic acids is 1. The molecule has 0 bridgehead atoms. The van der Waals surface area contributed by atoms with E-state index < -0.39 is 18.1 Å². The number of carbonyl (C=O) groups is 2. The maximum Gasteiger partial charge on any atom is 0.326 e. The van der Waals surface area contributed by atoms with Crippen molar-refractivity contribution in [3.63, 3.8) is 0 Å². The summed E-state index contributed by atoms with van der Waals surface area (Å²) in [5.41, 5.74) is 1.03. The van der Waals surface area contributed by atoms with Gasteiger partial charge in [-0.05, 0) is 37.5 Å². The predicted molar refractivity (Wildman–Crippen MR) is 85.6 cm³/mol. The Morgan fingerprint density at radius 3 is 2.43 bits per heavy atom. The monoisotopic (exact) mass is 310 g/mol. The molecule has 0 aromatic heterocycles. The van der Waals surface area contributed by atoms with Gasteiger partial charge in [-0.15, -0.1) is 0 Å². The standard InChI is InChI=1S/C15H22N2O3S/c1-16-13(10-11-6-4-3-5-7-11)14(18)17-12(15(19)20)8-9-21-2/h3-7,12-13,16H,8-10H2,1-2H3,(H,17,18)(H,19,20)/t12-,13-/m0/s1. The van der Waals surface area contributed by atoms with Crippen molar-refractivity contribution >= 4 is 23.6 Å². The molecule has 0 saturated heterocycles. The first-order valence-corrected chi connectivity index (χ1v) is 8.21. The summed E-state index contributed by atoms with van der Waals surface area (Å²) >= 11 is 1.56. The normalized spacial score (nSPS) is 13.4. The van der Waals surface area contributed by atoms with Crippen LogP contribution in [0.4, 0.5) is 0 Å². The van der Waals surface area contributed by atoms with Gasteiger partial charge < -0.3 is 15.7 Å². The van der Waals surface area contributed by atoms with Gasteiger partial charge in [-0.3, -0.25) is 4.79 Å². The lowest BCUT2D eigenvalue weighted by molar-refractivity contribution is -0.142. The average molecular weight is 310 g/mol. The number of benzene rings is 1. The summed E-state index contributed by atoms with van der Waals surface area (Å²) in [5, 5.41) is 14.7. The van der Waals surface area contributed by atoms with E-state index in [9.17, 15) is 9.59 Å². The van der Waals surface area contributed by atoms with Crippen LogP contribution in [0.1, 0.15) is 12.0 Å². The number of rotatable bonds is 9. The number of carboxylic acids is 1. The summed E-state index contributed by atoms with van der Waals surface area (Å²) in [5.74, 6) is -0.581. The molecule has 3 N–H and O–H groups in total. The molecule has 5 nitrogen and oxygen atoms in total. The molecule has 0 heterocycles. The highest BCUT2D eigenvalue weighted by Gasteiger charge is 2.24. The minimum Gasteiger partial charge on any atom is -0.480 e. The highest BCUT2D eigenvalue weighted by Crippen LogP contribution is 2.05. The van der Waals surface area contributed by atoms with Gasteiger partial charge in [0.25, 0.3) is 0 Å². The lowest BCUT2D eigenvalue weighted by Gasteiger charge is -2.20. The Kier molecular flexibility index (Phi) is 7.85. The van der Waals surface area contributed by atoms with Crippen LogP contribution in [0.25, 0.3) is 0 Å². The molecular weight excluding hydrogens is 288 g/mol. The summed E-state index contributed by atoms with van der Waals surface area (Å²) in [7, 11) is 1.70. The third-order valence-electron chi connectivity index (χ3n) is 3.17. The van der Waals surface area contributed by atoms with Crippen LogP contribution >= 0.6 is 11.8 Å². The molecule has 0 fully saturated rings. The maximum atomic E-state index is 12.2. The van der Waals surface area contributed by atoms with Crippen molar-refractivity contribution < 1.29 is 14.7 Å². The largest absolute Gasteiger partial charge is 0.480 e. The molecule has 0 aliphatic carbocycles. The second-order valence-corrected chi connectivity index (χ2v) is 5.70. The van der Waals surface area contributed by atoms with Crippen molar-refractivity contribution in [2.75, 3.05) is 19.1 Å². The zero-order chi connectivity index (χ0) is 15.7. The lowest BCUT2D eigenvalue weighted by Crippen LogP contribution is -2.50. The molecule has 1 aromatic rings. The minimum absolute atomic E-state index is 0.283. The molecule has 21 heavy (non-hydrogen) atoms. The number of carboxylic acid groups (broad SMARTS) is 1. The molecule has 0 saturated carbocycles.